The topological polar surface area (TPSA) is 75.4 Å². The number of nitrogens with one attached hydrogen (secondary N) is 1. The third kappa shape index (κ3) is 4.71. The quantitative estimate of drug-likeness (QED) is 0.755. The molecule has 0 saturated carbocycles. The molecular weight excluding hydrogens is 290 g/mol. The van der Waals surface area contributed by atoms with Gasteiger partial charge >= 0.3 is 0 Å². The molecule has 1 aromatic carbocycles. The molecule has 5 heteroatoms. The molecule has 1 heterocycles. The predicted octanol–water partition coefficient (Wildman–Crippen LogP) is 1.96. The fourth-order valence-electron chi connectivity index (χ4n) is 3.07. The maximum absolute atomic E-state index is 12.3. The average Bonchev–Trinajstić information content (AvgIpc) is 2.91. The van der Waals surface area contributed by atoms with Crippen molar-refractivity contribution in [3.05, 3.63) is 29.8 Å². The van der Waals surface area contributed by atoms with E-state index in [1.165, 1.54) is 0 Å². The second kappa shape index (κ2) is 7.99. The fourth-order valence-corrected chi connectivity index (χ4v) is 3.07. The number of carbonyl (C=O) groups is 2. The van der Waals surface area contributed by atoms with Crippen molar-refractivity contribution in [2.75, 3.05) is 18.8 Å². The summed E-state index contributed by atoms with van der Waals surface area (Å²) in [6.45, 7) is 5.30. The minimum atomic E-state index is -0.215. The van der Waals surface area contributed by atoms with E-state index in [9.17, 15) is 9.59 Å². The summed E-state index contributed by atoms with van der Waals surface area (Å²) in [5.41, 5.74) is 7.53. The SMILES string of the molecule is CCCC(C)N1CC(C(=O)NCCc2ccc(N)cc2)CC1=O. The Bertz CT molecular complexity index is 542. The smallest absolute Gasteiger partial charge is 0.225 e. The molecule has 1 fully saturated rings. The monoisotopic (exact) mass is 317 g/mol. The average molecular weight is 317 g/mol. The van der Waals surface area contributed by atoms with Crippen molar-refractivity contribution >= 4 is 17.5 Å². The Hall–Kier alpha value is -2.04. The lowest BCUT2D eigenvalue weighted by atomic mass is 10.1. The number of likely N-dealkylation sites (tertiary alicyclic amines) is 1. The van der Waals surface area contributed by atoms with Crippen molar-refractivity contribution in [3.8, 4) is 0 Å². The van der Waals surface area contributed by atoms with E-state index in [4.69, 9.17) is 5.73 Å². The third-order valence-corrected chi connectivity index (χ3v) is 4.46. The Kier molecular flexibility index (Phi) is 6.02. The highest BCUT2D eigenvalue weighted by atomic mass is 16.2. The van der Waals surface area contributed by atoms with Crippen molar-refractivity contribution in [2.24, 2.45) is 5.92 Å². The standard InChI is InChI=1S/C18H27N3O2/c1-3-4-13(2)21-12-15(11-17(21)22)18(23)20-10-9-14-5-7-16(19)8-6-14/h5-8,13,15H,3-4,9-12,19H2,1-2H3,(H,20,23). The van der Waals surface area contributed by atoms with E-state index >= 15 is 0 Å². The number of amides is 2. The summed E-state index contributed by atoms with van der Waals surface area (Å²) in [6.07, 6.45) is 3.13. The van der Waals surface area contributed by atoms with E-state index < -0.39 is 0 Å². The summed E-state index contributed by atoms with van der Waals surface area (Å²) in [5, 5.41) is 2.95. The van der Waals surface area contributed by atoms with Crippen molar-refractivity contribution in [3.63, 3.8) is 0 Å². The van der Waals surface area contributed by atoms with E-state index in [-0.39, 0.29) is 23.8 Å². The van der Waals surface area contributed by atoms with Crippen LogP contribution in [0.5, 0.6) is 0 Å². The number of benzene rings is 1. The van der Waals surface area contributed by atoms with Gasteiger partial charge in [-0.1, -0.05) is 25.5 Å². The number of nitrogens with zero attached hydrogens (tertiary/aromatic N) is 1. The zero-order valence-electron chi connectivity index (χ0n) is 14.0. The molecule has 5 nitrogen and oxygen atoms in total. The zero-order chi connectivity index (χ0) is 16.8. The molecule has 23 heavy (non-hydrogen) atoms. The molecule has 0 bridgehead atoms. The number of hydrogen-bond acceptors (Lipinski definition) is 3. The molecule has 2 atom stereocenters. The highest BCUT2D eigenvalue weighted by molar-refractivity contribution is 5.89. The molecule has 126 valence electrons. The molecule has 0 radical (unpaired) electrons. The van der Waals surface area contributed by atoms with E-state index in [0.29, 0.717) is 19.5 Å². The molecule has 0 aromatic heterocycles. The normalized spacial score (nSPS) is 19.0. The Balaban J connectivity index is 1.78. The first-order valence-electron chi connectivity index (χ1n) is 8.42. The molecule has 0 aliphatic carbocycles. The number of rotatable bonds is 7. The van der Waals surface area contributed by atoms with Gasteiger partial charge in [0, 0.05) is 31.2 Å². The minimum Gasteiger partial charge on any atom is -0.399 e. The Morgan fingerprint density at radius 2 is 2.09 bits per heavy atom. The summed E-state index contributed by atoms with van der Waals surface area (Å²) in [5.74, 6) is -0.127. The number of carbonyl (C=O) groups excluding carboxylic acids is 2. The lowest BCUT2D eigenvalue weighted by molar-refractivity contribution is -0.130. The summed E-state index contributed by atoms with van der Waals surface area (Å²) in [4.78, 5) is 26.2. The van der Waals surface area contributed by atoms with Gasteiger partial charge in [0.25, 0.3) is 0 Å². The summed E-state index contributed by atoms with van der Waals surface area (Å²) in [6, 6.07) is 7.88. The molecular formula is C18H27N3O2. The van der Waals surface area contributed by atoms with E-state index in [2.05, 4.69) is 19.2 Å². The van der Waals surface area contributed by atoms with Crippen molar-refractivity contribution in [1.29, 1.82) is 0 Å². The van der Waals surface area contributed by atoms with Crippen LogP contribution >= 0.6 is 0 Å². The molecule has 2 amide bonds. The number of nitrogen functional groups attached to an aromatic ring is 1. The molecule has 3 N–H and O–H groups in total. The van der Waals surface area contributed by atoms with Gasteiger partial charge in [-0.05, 0) is 37.5 Å². The van der Waals surface area contributed by atoms with Crippen LogP contribution in [0, 0.1) is 5.92 Å². The van der Waals surface area contributed by atoms with Gasteiger partial charge < -0.3 is 16.0 Å². The van der Waals surface area contributed by atoms with Crippen molar-refractivity contribution in [2.45, 2.75) is 45.6 Å². The molecule has 1 aliphatic rings. The summed E-state index contributed by atoms with van der Waals surface area (Å²) >= 11 is 0. The lowest BCUT2D eigenvalue weighted by Gasteiger charge is -2.24. The van der Waals surface area contributed by atoms with Crippen LogP contribution in [0.2, 0.25) is 0 Å². The predicted molar refractivity (Wildman–Crippen MR) is 91.8 cm³/mol. The van der Waals surface area contributed by atoms with Crippen molar-refractivity contribution in [1.82, 2.24) is 10.2 Å². The first-order valence-corrected chi connectivity index (χ1v) is 8.42. The first-order chi connectivity index (χ1) is 11.0. The Morgan fingerprint density at radius 3 is 2.74 bits per heavy atom. The molecule has 2 unspecified atom stereocenters. The van der Waals surface area contributed by atoms with Gasteiger partial charge in [0.05, 0.1) is 5.92 Å². The number of nitrogens with two attached hydrogens (primary N) is 1. The highest BCUT2D eigenvalue weighted by Crippen LogP contribution is 2.22. The maximum atomic E-state index is 12.3. The van der Waals surface area contributed by atoms with Crippen LogP contribution in [0.4, 0.5) is 5.69 Å². The highest BCUT2D eigenvalue weighted by Gasteiger charge is 2.36. The molecule has 1 aliphatic heterocycles. The number of hydrogen-bond donors (Lipinski definition) is 2. The van der Waals surface area contributed by atoms with Gasteiger partial charge in [-0.3, -0.25) is 9.59 Å². The Labute approximate surface area is 138 Å². The zero-order valence-corrected chi connectivity index (χ0v) is 14.0. The van der Waals surface area contributed by atoms with Crippen LogP contribution < -0.4 is 11.1 Å². The molecule has 1 saturated heterocycles. The maximum Gasteiger partial charge on any atom is 0.225 e. The fraction of sp³-hybridized carbons (Fsp3) is 0.556. The van der Waals surface area contributed by atoms with Gasteiger partial charge in [0.2, 0.25) is 11.8 Å². The Morgan fingerprint density at radius 1 is 1.39 bits per heavy atom. The summed E-state index contributed by atoms with van der Waals surface area (Å²) in [7, 11) is 0. The third-order valence-electron chi connectivity index (χ3n) is 4.46. The van der Waals surface area contributed by atoms with Crippen LogP contribution in [0.25, 0.3) is 0 Å². The van der Waals surface area contributed by atoms with Crippen LogP contribution in [0.3, 0.4) is 0 Å². The number of anilines is 1. The molecule has 1 aromatic rings. The lowest BCUT2D eigenvalue weighted by Crippen LogP contribution is -2.37. The van der Waals surface area contributed by atoms with Gasteiger partial charge in [-0.25, -0.2) is 0 Å². The molecule has 0 spiro atoms. The van der Waals surface area contributed by atoms with E-state index in [1.807, 2.05) is 29.2 Å². The van der Waals surface area contributed by atoms with Gasteiger partial charge in [-0.15, -0.1) is 0 Å². The van der Waals surface area contributed by atoms with Gasteiger partial charge in [-0.2, -0.15) is 0 Å². The second-order valence-corrected chi connectivity index (χ2v) is 6.37. The van der Waals surface area contributed by atoms with Crippen LogP contribution in [-0.4, -0.2) is 35.8 Å². The second-order valence-electron chi connectivity index (χ2n) is 6.37. The van der Waals surface area contributed by atoms with E-state index in [0.717, 1.165) is 30.5 Å². The van der Waals surface area contributed by atoms with Gasteiger partial charge in [0.15, 0.2) is 0 Å². The van der Waals surface area contributed by atoms with Crippen LogP contribution in [0.15, 0.2) is 24.3 Å². The minimum absolute atomic E-state index is 0.0139. The van der Waals surface area contributed by atoms with Crippen LogP contribution in [-0.2, 0) is 16.0 Å². The van der Waals surface area contributed by atoms with E-state index in [1.54, 1.807) is 0 Å². The van der Waals surface area contributed by atoms with Crippen molar-refractivity contribution < 1.29 is 9.59 Å². The summed E-state index contributed by atoms with van der Waals surface area (Å²) < 4.78 is 0. The molecule has 2 rings (SSSR count). The van der Waals surface area contributed by atoms with Gasteiger partial charge in [0.1, 0.15) is 0 Å². The largest absolute Gasteiger partial charge is 0.399 e. The first kappa shape index (κ1) is 17.3. The van der Waals surface area contributed by atoms with Crippen LogP contribution in [0.1, 0.15) is 38.7 Å².